The summed E-state index contributed by atoms with van der Waals surface area (Å²) in [5, 5.41) is 8.99. The van der Waals surface area contributed by atoms with Gasteiger partial charge in [-0.2, -0.15) is 0 Å². The molecule has 17 heavy (non-hydrogen) atoms. The Labute approximate surface area is 106 Å². The maximum Gasteiger partial charge on any atom is 0.309 e. The van der Waals surface area contributed by atoms with Crippen LogP contribution in [-0.4, -0.2) is 61.7 Å². The summed E-state index contributed by atoms with van der Waals surface area (Å²) in [5.41, 5.74) is -0.593. The Balaban J connectivity index is 3.64. The van der Waals surface area contributed by atoms with Crippen molar-refractivity contribution in [2.45, 2.75) is 33.1 Å². The largest absolute Gasteiger partial charge is 0.481 e. The van der Waals surface area contributed by atoms with Crippen LogP contribution in [0.5, 0.6) is 0 Å². The van der Waals surface area contributed by atoms with Crippen molar-refractivity contribution in [3.8, 4) is 0 Å². The first kappa shape index (κ1) is 16.4. The van der Waals surface area contributed by atoms with Gasteiger partial charge in [-0.3, -0.25) is 4.79 Å². The van der Waals surface area contributed by atoms with E-state index in [0.717, 1.165) is 38.9 Å². The lowest BCUT2D eigenvalue weighted by Crippen LogP contribution is -2.28. The standard InChI is InChI=1S/C13H28N2O2/c1-13(2,12(16)17)8-6-10-15(5)11-7-9-14(3)4/h6-11H2,1-5H3,(H,16,17). The Morgan fingerprint density at radius 2 is 1.59 bits per heavy atom. The van der Waals surface area contributed by atoms with Crippen molar-refractivity contribution in [1.82, 2.24) is 9.80 Å². The van der Waals surface area contributed by atoms with Gasteiger partial charge >= 0.3 is 5.97 Å². The van der Waals surface area contributed by atoms with Gasteiger partial charge in [0.15, 0.2) is 0 Å². The van der Waals surface area contributed by atoms with Crippen LogP contribution in [0.2, 0.25) is 0 Å². The van der Waals surface area contributed by atoms with E-state index in [0.29, 0.717) is 0 Å². The molecule has 0 radical (unpaired) electrons. The summed E-state index contributed by atoms with van der Waals surface area (Å²) in [6.07, 6.45) is 2.84. The number of carbonyl (C=O) groups is 1. The fourth-order valence-corrected chi connectivity index (χ4v) is 1.67. The normalized spacial score (nSPS) is 12.4. The van der Waals surface area contributed by atoms with Gasteiger partial charge in [0, 0.05) is 0 Å². The zero-order valence-electron chi connectivity index (χ0n) is 12.0. The van der Waals surface area contributed by atoms with Crippen LogP contribution in [0.4, 0.5) is 0 Å². The molecule has 0 unspecified atom stereocenters. The Bertz CT molecular complexity index is 227. The van der Waals surface area contributed by atoms with E-state index in [-0.39, 0.29) is 0 Å². The lowest BCUT2D eigenvalue weighted by molar-refractivity contribution is -0.147. The highest BCUT2D eigenvalue weighted by Gasteiger charge is 2.26. The summed E-state index contributed by atoms with van der Waals surface area (Å²) in [6, 6.07) is 0. The highest BCUT2D eigenvalue weighted by Crippen LogP contribution is 2.22. The van der Waals surface area contributed by atoms with Gasteiger partial charge in [0.05, 0.1) is 5.41 Å². The molecule has 0 fully saturated rings. The van der Waals surface area contributed by atoms with Crippen molar-refractivity contribution >= 4 is 5.97 Å². The second-order valence-electron chi connectivity index (χ2n) is 5.75. The molecule has 0 bridgehead atoms. The van der Waals surface area contributed by atoms with Gasteiger partial charge < -0.3 is 14.9 Å². The first-order valence-corrected chi connectivity index (χ1v) is 6.32. The van der Waals surface area contributed by atoms with E-state index >= 15 is 0 Å². The Kier molecular flexibility index (Phi) is 7.39. The summed E-state index contributed by atoms with van der Waals surface area (Å²) in [6.45, 7) is 6.74. The molecule has 0 aromatic heterocycles. The third kappa shape index (κ3) is 8.16. The molecule has 0 aliphatic rings. The molecule has 1 N–H and O–H groups in total. The third-order valence-corrected chi connectivity index (χ3v) is 3.07. The zero-order chi connectivity index (χ0) is 13.5. The molecule has 4 nitrogen and oxygen atoms in total. The minimum atomic E-state index is -0.701. The number of nitrogens with zero attached hydrogens (tertiary/aromatic N) is 2. The second kappa shape index (κ2) is 7.67. The molecule has 0 amide bonds. The Morgan fingerprint density at radius 1 is 1.06 bits per heavy atom. The summed E-state index contributed by atoms with van der Waals surface area (Å²) in [7, 11) is 6.26. The maximum absolute atomic E-state index is 10.9. The average Bonchev–Trinajstić information content (AvgIpc) is 2.16. The molecular formula is C13H28N2O2. The van der Waals surface area contributed by atoms with Crippen molar-refractivity contribution in [3.63, 3.8) is 0 Å². The molecular weight excluding hydrogens is 216 g/mol. The minimum absolute atomic E-state index is 0.593. The van der Waals surface area contributed by atoms with E-state index in [9.17, 15) is 4.79 Å². The van der Waals surface area contributed by atoms with E-state index in [1.165, 1.54) is 0 Å². The lowest BCUT2D eigenvalue weighted by Gasteiger charge is -2.22. The summed E-state index contributed by atoms with van der Waals surface area (Å²) < 4.78 is 0. The van der Waals surface area contributed by atoms with Gasteiger partial charge in [0.1, 0.15) is 0 Å². The molecule has 0 heterocycles. The minimum Gasteiger partial charge on any atom is -0.481 e. The summed E-state index contributed by atoms with van der Waals surface area (Å²) in [5.74, 6) is -0.701. The lowest BCUT2D eigenvalue weighted by atomic mass is 9.88. The predicted octanol–water partition coefficient (Wildman–Crippen LogP) is 1.76. The number of carboxylic acids is 1. The van der Waals surface area contributed by atoms with Crippen LogP contribution in [0.1, 0.15) is 33.1 Å². The van der Waals surface area contributed by atoms with Crippen molar-refractivity contribution in [1.29, 1.82) is 0 Å². The predicted molar refractivity (Wildman–Crippen MR) is 71.3 cm³/mol. The Morgan fingerprint density at radius 3 is 2.06 bits per heavy atom. The maximum atomic E-state index is 10.9. The van der Waals surface area contributed by atoms with E-state index < -0.39 is 11.4 Å². The number of hydrogen-bond donors (Lipinski definition) is 1. The highest BCUT2D eigenvalue weighted by molar-refractivity contribution is 5.73. The zero-order valence-corrected chi connectivity index (χ0v) is 12.0. The molecule has 0 aliphatic heterocycles. The molecule has 0 spiro atoms. The molecule has 4 heteroatoms. The number of hydrogen-bond acceptors (Lipinski definition) is 3. The van der Waals surface area contributed by atoms with E-state index in [1.807, 2.05) is 0 Å². The molecule has 0 aliphatic carbocycles. The fraction of sp³-hybridized carbons (Fsp3) is 0.923. The third-order valence-electron chi connectivity index (χ3n) is 3.07. The number of aliphatic carboxylic acids is 1. The summed E-state index contributed by atoms with van der Waals surface area (Å²) >= 11 is 0. The van der Waals surface area contributed by atoms with Gasteiger partial charge in [-0.15, -0.1) is 0 Å². The monoisotopic (exact) mass is 244 g/mol. The van der Waals surface area contributed by atoms with Crippen molar-refractivity contribution in [2.24, 2.45) is 5.41 Å². The van der Waals surface area contributed by atoms with Crippen LogP contribution in [-0.2, 0) is 4.79 Å². The molecule has 0 atom stereocenters. The molecule has 0 saturated carbocycles. The van der Waals surface area contributed by atoms with Gasteiger partial charge in [-0.1, -0.05) is 0 Å². The molecule has 102 valence electrons. The van der Waals surface area contributed by atoms with Gasteiger partial charge in [-0.05, 0) is 73.9 Å². The first-order valence-electron chi connectivity index (χ1n) is 6.32. The van der Waals surface area contributed by atoms with Crippen LogP contribution in [0.25, 0.3) is 0 Å². The van der Waals surface area contributed by atoms with Gasteiger partial charge in [-0.25, -0.2) is 0 Å². The van der Waals surface area contributed by atoms with Crippen LogP contribution in [0.3, 0.4) is 0 Å². The fourth-order valence-electron chi connectivity index (χ4n) is 1.67. The van der Waals surface area contributed by atoms with E-state index in [1.54, 1.807) is 13.8 Å². The molecule has 0 saturated heterocycles. The highest BCUT2D eigenvalue weighted by atomic mass is 16.4. The smallest absolute Gasteiger partial charge is 0.309 e. The Hall–Kier alpha value is -0.610. The number of rotatable bonds is 9. The van der Waals surface area contributed by atoms with E-state index in [2.05, 4.69) is 30.9 Å². The SMILES string of the molecule is CN(C)CCCN(C)CCCC(C)(C)C(=O)O. The van der Waals surface area contributed by atoms with E-state index in [4.69, 9.17) is 5.11 Å². The van der Waals surface area contributed by atoms with Crippen molar-refractivity contribution in [2.75, 3.05) is 40.8 Å². The quantitative estimate of drug-likeness (QED) is 0.671. The molecule has 0 aromatic rings. The molecule has 0 aromatic carbocycles. The van der Waals surface area contributed by atoms with Crippen LogP contribution in [0, 0.1) is 5.41 Å². The van der Waals surface area contributed by atoms with Crippen LogP contribution < -0.4 is 0 Å². The topological polar surface area (TPSA) is 43.8 Å². The second-order valence-corrected chi connectivity index (χ2v) is 5.75. The molecule has 0 rings (SSSR count). The average molecular weight is 244 g/mol. The first-order chi connectivity index (χ1) is 7.75. The number of carboxylic acid groups (broad SMARTS) is 1. The van der Waals surface area contributed by atoms with Crippen molar-refractivity contribution < 1.29 is 9.90 Å². The van der Waals surface area contributed by atoms with Crippen LogP contribution >= 0.6 is 0 Å². The van der Waals surface area contributed by atoms with Crippen molar-refractivity contribution in [3.05, 3.63) is 0 Å². The summed E-state index contributed by atoms with van der Waals surface area (Å²) in [4.78, 5) is 15.4. The van der Waals surface area contributed by atoms with Gasteiger partial charge in [0.2, 0.25) is 0 Å². The van der Waals surface area contributed by atoms with Crippen LogP contribution in [0.15, 0.2) is 0 Å². The van der Waals surface area contributed by atoms with Gasteiger partial charge in [0.25, 0.3) is 0 Å².